The van der Waals surface area contributed by atoms with Gasteiger partial charge in [0.1, 0.15) is 35.5 Å². The summed E-state index contributed by atoms with van der Waals surface area (Å²) in [5.74, 6) is -2.26. The first-order chi connectivity index (χ1) is 24.2. The van der Waals surface area contributed by atoms with Crippen molar-refractivity contribution in [2.75, 3.05) is 6.54 Å². The highest BCUT2D eigenvalue weighted by Crippen LogP contribution is 2.45. The monoisotopic (exact) mass is 721 g/mol. The molecular formula is C36H40ClN5O7S. The van der Waals surface area contributed by atoms with Crippen LogP contribution in [-0.4, -0.2) is 80.2 Å². The number of carboxylic acid groups (broad SMARTS) is 1. The first-order valence-corrected chi connectivity index (χ1v) is 18.6. The second-order valence-electron chi connectivity index (χ2n) is 13.6. The Hall–Kier alpha value is -4.23. The number of fused-ring (bicyclic) bond motifs is 3. The number of aromatic nitrogens is 2. The lowest BCUT2D eigenvalue weighted by molar-refractivity contribution is -0.145. The van der Waals surface area contributed by atoms with Gasteiger partial charge in [-0.05, 0) is 81.0 Å². The molecule has 3 amide bonds. The molecule has 4 heterocycles. The number of ether oxygens (including phenoxy) is 2. The number of alkyl carbamates (subject to hydrolysis) is 1. The Balaban J connectivity index is 1.19. The highest BCUT2D eigenvalue weighted by Gasteiger charge is 2.61. The lowest BCUT2D eigenvalue weighted by Crippen LogP contribution is -2.56. The Bertz CT molecular complexity index is 1800. The first-order valence-electron chi connectivity index (χ1n) is 17.4. The van der Waals surface area contributed by atoms with Gasteiger partial charge in [0.25, 0.3) is 0 Å². The molecule has 264 valence electrons. The van der Waals surface area contributed by atoms with Crippen LogP contribution in [0.25, 0.3) is 21.6 Å². The molecule has 7 rings (SSSR count). The quantitative estimate of drug-likeness (QED) is 0.264. The summed E-state index contributed by atoms with van der Waals surface area (Å²) >= 11 is 7.74. The van der Waals surface area contributed by atoms with Crippen LogP contribution < -0.4 is 15.4 Å². The Morgan fingerprint density at radius 3 is 2.64 bits per heavy atom. The second-order valence-corrected chi connectivity index (χ2v) is 15.0. The van der Waals surface area contributed by atoms with Crippen molar-refractivity contribution < 1.29 is 33.8 Å². The molecule has 4 aliphatic rings. The predicted molar refractivity (Wildman–Crippen MR) is 187 cm³/mol. The van der Waals surface area contributed by atoms with E-state index in [1.165, 1.54) is 16.2 Å². The molecule has 12 nitrogen and oxygen atoms in total. The standard InChI is InChI=1S/C36H40ClN5O7S/c37-22-14-15-25-27(17-22)39-32(30(38-25)29-13-8-16-50-29)48-24-18-28-31(43)41-36(34(45)46)19-21(36)9-4-2-1-3-5-12-26(33(44)42(28)20-24)40-35(47)49-23-10-6-7-11-23/h4,8-9,13-17,21,23-24,26,28H,1-3,5-7,10-12,18-20H2,(H,40,47)(H,41,43)(H,45,46). The number of hydrogen-bond acceptors (Lipinski definition) is 9. The van der Waals surface area contributed by atoms with Gasteiger partial charge >= 0.3 is 12.1 Å². The van der Waals surface area contributed by atoms with Crippen LogP contribution in [-0.2, 0) is 19.1 Å². The minimum absolute atomic E-state index is 0.00924. The maximum atomic E-state index is 14.4. The van der Waals surface area contributed by atoms with Crippen molar-refractivity contribution in [1.29, 1.82) is 0 Å². The van der Waals surface area contributed by atoms with E-state index < -0.39 is 47.6 Å². The SMILES string of the molecule is O=C(NC1CCCCCC=CC2CC2(C(=O)O)NC(=O)C2CC(Oc3nc4cc(Cl)ccc4nc3-c3cccs3)CN2C1=O)OC1CCCC1. The third kappa shape index (κ3) is 7.29. The fourth-order valence-corrected chi connectivity index (χ4v) is 8.18. The number of carbonyl (C=O) groups is 4. The molecule has 2 aliphatic heterocycles. The molecule has 2 aromatic heterocycles. The number of amides is 3. The Morgan fingerprint density at radius 2 is 1.86 bits per heavy atom. The van der Waals surface area contributed by atoms with E-state index in [-0.39, 0.29) is 37.3 Å². The molecule has 5 unspecified atom stereocenters. The van der Waals surface area contributed by atoms with Crippen molar-refractivity contribution in [1.82, 2.24) is 25.5 Å². The molecular weight excluding hydrogens is 682 g/mol. The van der Waals surface area contributed by atoms with E-state index in [0.29, 0.717) is 34.6 Å². The zero-order valence-corrected chi connectivity index (χ0v) is 29.1. The van der Waals surface area contributed by atoms with Gasteiger partial charge in [-0.15, -0.1) is 11.3 Å². The maximum absolute atomic E-state index is 14.4. The minimum Gasteiger partial charge on any atom is -0.479 e. The van der Waals surface area contributed by atoms with Gasteiger partial charge in [0.15, 0.2) is 0 Å². The van der Waals surface area contributed by atoms with Gasteiger partial charge in [0.05, 0.1) is 22.5 Å². The van der Waals surface area contributed by atoms with Gasteiger partial charge in [-0.3, -0.25) is 9.59 Å². The molecule has 5 atom stereocenters. The molecule has 1 saturated heterocycles. The fraction of sp³-hybridized carbons (Fsp3) is 0.500. The molecule has 0 bridgehead atoms. The number of benzene rings is 1. The van der Waals surface area contributed by atoms with E-state index in [9.17, 15) is 24.3 Å². The van der Waals surface area contributed by atoms with Crippen LogP contribution in [0, 0.1) is 5.92 Å². The van der Waals surface area contributed by atoms with E-state index in [1.54, 1.807) is 18.2 Å². The number of carboxylic acids is 1. The summed E-state index contributed by atoms with van der Waals surface area (Å²) in [6.07, 6.45) is 9.64. The molecule has 2 aliphatic carbocycles. The normalized spacial score (nSPS) is 27.5. The number of nitrogens with one attached hydrogen (secondary N) is 2. The maximum Gasteiger partial charge on any atom is 0.408 e. The van der Waals surface area contributed by atoms with E-state index in [0.717, 1.165) is 49.8 Å². The van der Waals surface area contributed by atoms with Crippen LogP contribution in [0.5, 0.6) is 5.88 Å². The highest BCUT2D eigenvalue weighted by atomic mass is 35.5. The topological polar surface area (TPSA) is 160 Å². The number of allylic oxidation sites excluding steroid dienone is 1. The molecule has 50 heavy (non-hydrogen) atoms. The van der Waals surface area contributed by atoms with Gasteiger partial charge < -0.3 is 30.1 Å². The largest absolute Gasteiger partial charge is 0.479 e. The number of hydrogen-bond donors (Lipinski definition) is 3. The summed E-state index contributed by atoms with van der Waals surface area (Å²) in [7, 11) is 0. The van der Waals surface area contributed by atoms with E-state index in [1.807, 2.05) is 29.7 Å². The van der Waals surface area contributed by atoms with Crippen molar-refractivity contribution in [3.8, 4) is 16.5 Å². The Morgan fingerprint density at radius 1 is 1.04 bits per heavy atom. The highest BCUT2D eigenvalue weighted by molar-refractivity contribution is 7.13. The molecule has 3 aromatic rings. The van der Waals surface area contributed by atoms with Gasteiger partial charge in [-0.25, -0.2) is 19.6 Å². The van der Waals surface area contributed by atoms with Crippen molar-refractivity contribution >= 4 is 57.8 Å². The van der Waals surface area contributed by atoms with E-state index >= 15 is 0 Å². The lowest BCUT2D eigenvalue weighted by Gasteiger charge is -2.29. The summed E-state index contributed by atoms with van der Waals surface area (Å²) < 4.78 is 12.2. The average molecular weight is 722 g/mol. The van der Waals surface area contributed by atoms with Crippen molar-refractivity contribution in [3.63, 3.8) is 0 Å². The van der Waals surface area contributed by atoms with Crippen molar-refractivity contribution in [2.24, 2.45) is 5.92 Å². The van der Waals surface area contributed by atoms with Gasteiger partial charge in [-0.2, -0.15) is 0 Å². The van der Waals surface area contributed by atoms with Crippen LogP contribution in [0.15, 0.2) is 47.9 Å². The summed E-state index contributed by atoms with van der Waals surface area (Å²) in [6.45, 7) is 0.00924. The van der Waals surface area contributed by atoms with Crippen LogP contribution in [0.4, 0.5) is 4.79 Å². The van der Waals surface area contributed by atoms with Crippen LogP contribution in [0.2, 0.25) is 5.02 Å². The average Bonchev–Trinajstić information content (AvgIpc) is 3.58. The number of rotatable bonds is 6. The zero-order chi connectivity index (χ0) is 34.8. The third-order valence-corrected chi connectivity index (χ3v) is 11.2. The van der Waals surface area contributed by atoms with Crippen LogP contribution in [0.1, 0.15) is 70.6 Å². The Kier molecular flexibility index (Phi) is 9.96. The minimum atomic E-state index is -1.44. The molecule has 1 aromatic carbocycles. The van der Waals surface area contributed by atoms with E-state index in [4.69, 9.17) is 31.0 Å². The molecule has 0 radical (unpaired) electrons. The summed E-state index contributed by atoms with van der Waals surface area (Å²) in [5, 5.41) is 18.2. The smallest absolute Gasteiger partial charge is 0.408 e. The molecule has 3 N–H and O–H groups in total. The number of carbonyl (C=O) groups excluding carboxylic acids is 3. The molecule has 14 heteroatoms. The summed E-state index contributed by atoms with van der Waals surface area (Å²) in [5.41, 5.74) is 0.223. The molecule has 2 saturated carbocycles. The van der Waals surface area contributed by atoms with Crippen LogP contribution in [0.3, 0.4) is 0 Å². The fourth-order valence-electron chi connectivity index (χ4n) is 7.31. The molecule has 0 spiro atoms. The summed E-state index contributed by atoms with van der Waals surface area (Å²) in [6, 6.07) is 7.03. The number of thiophene rings is 1. The number of halogens is 1. The van der Waals surface area contributed by atoms with Crippen molar-refractivity contribution in [2.45, 2.75) is 100 Å². The zero-order valence-electron chi connectivity index (χ0n) is 27.5. The van der Waals surface area contributed by atoms with Crippen LogP contribution >= 0.6 is 22.9 Å². The third-order valence-electron chi connectivity index (χ3n) is 10.1. The van der Waals surface area contributed by atoms with Gasteiger partial charge in [0.2, 0.25) is 17.7 Å². The Labute approximate surface area is 298 Å². The van der Waals surface area contributed by atoms with Gasteiger partial charge in [-0.1, -0.05) is 42.7 Å². The number of nitrogens with zero attached hydrogens (tertiary/aromatic N) is 3. The van der Waals surface area contributed by atoms with E-state index in [2.05, 4.69) is 10.6 Å². The summed E-state index contributed by atoms with van der Waals surface area (Å²) in [4.78, 5) is 65.8. The lowest BCUT2D eigenvalue weighted by atomic mass is 10.0. The predicted octanol–water partition coefficient (Wildman–Crippen LogP) is 5.88. The van der Waals surface area contributed by atoms with Gasteiger partial charge in [0, 0.05) is 17.4 Å². The first kappa shape index (κ1) is 34.2. The number of aliphatic carboxylic acids is 1. The second kappa shape index (κ2) is 14.6. The molecule has 3 fully saturated rings. The van der Waals surface area contributed by atoms with Crippen molar-refractivity contribution in [3.05, 3.63) is 52.9 Å².